The quantitative estimate of drug-likeness (QED) is 0.871. The lowest BCUT2D eigenvalue weighted by molar-refractivity contribution is 0.335. The van der Waals surface area contributed by atoms with Crippen LogP contribution >= 0.6 is 15.9 Å². The van der Waals surface area contributed by atoms with Crippen LogP contribution in [0.15, 0.2) is 4.47 Å². The molecule has 0 radical (unpaired) electrons. The standard InChI is InChI=1S/C14H24BrN3/c1-5-18-12(13(15)11(4)17-18)8-16-9-14(6-7-14)10(2)3/h10,16H,5-9H2,1-4H3. The van der Waals surface area contributed by atoms with Gasteiger partial charge in [-0.15, -0.1) is 0 Å². The molecule has 0 amide bonds. The van der Waals surface area contributed by atoms with E-state index in [0.717, 1.165) is 35.7 Å². The average Bonchev–Trinajstić information content (AvgIpc) is 3.07. The van der Waals surface area contributed by atoms with Gasteiger partial charge < -0.3 is 5.32 Å². The minimum Gasteiger partial charge on any atom is -0.311 e. The summed E-state index contributed by atoms with van der Waals surface area (Å²) in [6, 6.07) is 0. The molecule has 0 aromatic carbocycles. The summed E-state index contributed by atoms with van der Waals surface area (Å²) in [5.74, 6) is 0.784. The van der Waals surface area contributed by atoms with E-state index in [0.29, 0.717) is 5.41 Å². The SMILES string of the molecule is CCn1nc(C)c(Br)c1CNCC1(C(C)C)CC1. The summed E-state index contributed by atoms with van der Waals surface area (Å²) in [7, 11) is 0. The van der Waals surface area contributed by atoms with Crippen molar-refractivity contribution in [2.75, 3.05) is 6.54 Å². The Kier molecular flexibility index (Phi) is 4.17. The van der Waals surface area contributed by atoms with Crippen molar-refractivity contribution >= 4 is 15.9 Å². The second kappa shape index (κ2) is 5.33. The highest BCUT2D eigenvalue weighted by Gasteiger charge is 2.44. The first-order valence-corrected chi connectivity index (χ1v) is 7.72. The highest BCUT2D eigenvalue weighted by molar-refractivity contribution is 9.10. The Morgan fingerprint density at radius 2 is 2.11 bits per heavy atom. The summed E-state index contributed by atoms with van der Waals surface area (Å²) >= 11 is 3.64. The normalized spacial score (nSPS) is 17.4. The van der Waals surface area contributed by atoms with Crippen LogP contribution in [0, 0.1) is 18.3 Å². The molecular formula is C14H24BrN3. The van der Waals surface area contributed by atoms with Gasteiger partial charge in [0.15, 0.2) is 0 Å². The third-order valence-corrected chi connectivity index (χ3v) is 5.37. The highest BCUT2D eigenvalue weighted by Crippen LogP contribution is 2.51. The van der Waals surface area contributed by atoms with Gasteiger partial charge in [0.05, 0.1) is 15.9 Å². The fraction of sp³-hybridized carbons (Fsp3) is 0.786. The Bertz CT molecular complexity index is 419. The van der Waals surface area contributed by atoms with Crippen LogP contribution in [-0.4, -0.2) is 16.3 Å². The highest BCUT2D eigenvalue weighted by atomic mass is 79.9. The maximum Gasteiger partial charge on any atom is 0.0739 e. The number of hydrogen-bond acceptors (Lipinski definition) is 2. The van der Waals surface area contributed by atoms with E-state index in [1.807, 2.05) is 0 Å². The van der Waals surface area contributed by atoms with Crippen molar-refractivity contribution in [1.82, 2.24) is 15.1 Å². The average molecular weight is 314 g/mol. The lowest BCUT2D eigenvalue weighted by Crippen LogP contribution is -2.28. The number of hydrogen-bond donors (Lipinski definition) is 1. The van der Waals surface area contributed by atoms with Crippen molar-refractivity contribution in [1.29, 1.82) is 0 Å². The van der Waals surface area contributed by atoms with Crippen LogP contribution in [0.2, 0.25) is 0 Å². The monoisotopic (exact) mass is 313 g/mol. The molecule has 0 saturated heterocycles. The molecule has 1 aliphatic carbocycles. The van der Waals surface area contributed by atoms with Crippen molar-refractivity contribution in [3.63, 3.8) is 0 Å². The van der Waals surface area contributed by atoms with E-state index in [1.54, 1.807) is 0 Å². The molecule has 1 heterocycles. The predicted molar refractivity (Wildman–Crippen MR) is 78.5 cm³/mol. The molecule has 3 nitrogen and oxygen atoms in total. The van der Waals surface area contributed by atoms with Crippen LogP contribution in [0.3, 0.4) is 0 Å². The van der Waals surface area contributed by atoms with E-state index < -0.39 is 0 Å². The molecule has 1 fully saturated rings. The van der Waals surface area contributed by atoms with Gasteiger partial charge in [0.1, 0.15) is 0 Å². The third kappa shape index (κ3) is 2.64. The molecule has 1 aliphatic rings. The van der Waals surface area contributed by atoms with Gasteiger partial charge >= 0.3 is 0 Å². The van der Waals surface area contributed by atoms with Crippen LogP contribution in [0.25, 0.3) is 0 Å². The maximum atomic E-state index is 4.52. The van der Waals surface area contributed by atoms with Gasteiger partial charge in [-0.3, -0.25) is 4.68 Å². The largest absolute Gasteiger partial charge is 0.311 e. The Balaban J connectivity index is 1.94. The first-order valence-electron chi connectivity index (χ1n) is 6.92. The van der Waals surface area contributed by atoms with Crippen molar-refractivity contribution in [2.24, 2.45) is 11.3 Å². The zero-order valence-electron chi connectivity index (χ0n) is 11.9. The Labute approximate surface area is 118 Å². The van der Waals surface area contributed by atoms with Crippen LogP contribution in [0.5, 0.6) is 0 Å². The molecule has 0 unspecified atom stereocenters. The third-order valence-electron chi connectivity index (χ3n) is 4.34. The molecule has 2 rings (SSSR count). The molecule has 1 aromatic rings. The minimum atomic E-state index is 0.568. The zero-order valence-corrected chi connectivity index (χ0v) is 13.5. The van der Waals surface area contributed by atoms with E-state index >= 15 is 0 Å². The number of nitrogens with one attached hydrogen (secondary N) is 1. The van der Waals surface area contributed by atoms with E-state index in [2.05, 4.69) is 58.7 Å². The second-order valence-corrected chi connectivity index (χ2v) is 6.58. The molecule has 1 saturated carbocycles. The first-order chi connectivity index (χ1) is 8.50. The summed E-state index contributed by atoms with van der Waals surface area (Å²) in [4.78, 5) is 0. The van der Waals surface area contributed by atoms with Gasteiger partial charge in [-0.1, -0.05) is 13.8 Å². The Morgan fingerprint density at radius 3 is 2.61 bits per heavy atom. The number of halogens is 1. The van der Waals surface area contributed by atoms with Crippen molar-refractivity contribution in [3.8, 4) is 0 Å². The van der Waals surface area contributed by atoms with Crippen molar-refractivity contribution in [2.45, 2.75) is 53.6 Å². The van der Waals surface area contributed by atoms with Gasteiger partial charge in [0.2, 0.25) is 0 Å². The van der Waals surface area contributed by atoms with E-state index in [4.69, 9.17) is 0 Å². The van der Waals surface area contributed by atoms with Gasteiger partial charge in [-0.25, -0.2) is 0 Å². The second-order valence-electron chi connectivity index (χ2n) is 5.78. The summed E-state index contributed by atoms with van der Waals surface area (Å²) in [6.07, 6.45) is 2.76. The van der Waals surface area contributed by atoms with Gasteiger partial charge in [-0.2, -0.15) is 5.10 Å². The number of aromatic nitrogens is 2. The maximum absolute atomic E-state index is 4.52. The fourth-order valence-electron chi connectivity index (χ4n) is 2.59. The number of aryl methyl sites for hydroxylation is 2. The summed E-state index contributed by atoms with van der Waals surface area (Å²) in [5, 5.41) is 8.15. The molecule has 4 heteroatoms. The predicted octanol–water partition coefficient (Wildman–Crippen LogP) is 3.50. The topological polar surface area (TPSA) is 29.9 Å². The summed E-state index contributed by atoms with van der Waals surface area (Å²) < 4.78 is 3.24. The van der Waals surface area contributed by atoms with Crippen LogP contribution in [0.4, 0.5) is 0 Å². The molecule has 1 aromatic heterocycles. The molecule has 0 spiro atoms. The molecule has 1 N–H and O–H groups in total. The molecule has 0 bridgehead atoms. The Morgan fingerprint density at radius 1 is 1.44 bits per heavy atom. The zero-order chi connectivity index (χ0) is 13.3. The molecule has 0 atom stereocenters. The molecular weight excluding hydrogens is 290 g/mol. The fourth-order valence-corrected chi connectivity index (χ4v) is 3.01. The van der Waals surface area contributed by atoms with Gasteiger partial charge in [0, 0.05) is 19.6 Å². The molecule has 0 aliphatic heterocycles. The number of nitrogens with zero attached hydrogens (tertiary/aromatic N) is 2. The van der Waals surface area contributed by atoms with Gasteiger partial charge in [0.25, 0.3) is 0 Å². The van der Waals surface area contributed by atoms with Crippen LogP contribution in [0.1, 0.15) is 45.0 Å². The van der Waals surface area contributed by atoms with Gasteiger partial charge in [-0.05, 0) is 54.0 Å². The van der Waals surface area contributed by atoms with Crippen LogP contribution in [-0.2, 0) is 13.1 Å². The van der Waals surface area contributed by atoms with Crippen molar-refractivity contribution in [3.05, 3.63) is 15.9 Å². The van der Waals surface area contributed by atoms with Crippen LogP contribution < -0.4 is 5.32 Å². The van der Waals surface area contributed by atoms with Crippen molar-refractivity contribution < 1.29 is 0 Å². The molecule has 18 heavy (non-hydrogen) atoms. The summed E-state index contributed by atoms with van der Waals surface area (Å²) in [6.45, 7) is 11.8. The van der Waals surface area contributed by atoms with E-state index in [-0.39, 0.29) is 0 Å². The first kappa shape index (κ1) is 14.1. The van der Waals surface area contributed by atoms with E-state index in [9.17, 15) is 0 Å². The lowest BCUT2D eigenvalue weighted by atomic mass is 9.92. The lowest BCUT2D eigenvalue weighted by Gasteiger charge is -2.20. The molecule has 102 valence electrons. The summed E-state index contributed by atoms with van der Waals surface area (Å²) in [5.41, 5.74) is 2.92. The van der Waals surface area contributed by atoms with E-state index in [1.165, 1.54) is 18.5 Å². The minimum absolute atomic E-state index is 0.568. The smallest absolute Gasteiger partial charge is 0.0739 e. The number of rotatable bonds is 6. The Hall–Kier alpha value is -0.350.